The maximum atomic E-state index is 11.4. The fourth-order valence-electron chi connectivity index (χ4n) is 1.51. The lowest BCUT2D eigenvalue weighted by atomic mass is 10.2. The highest BCUT2D eigenvalue weighted by molar-refractivity contribution is 14.0. The summed E-state index contributed by atoms with van der Waals surface area (Å²) >= 11 is 6.05. The summed E-state index contributed by atoms with van der Waals surface area (Å²) in [6.07, 6.45) is 0. The number of sulfone groups is 1. The van der Waals surface area contributed by atoms with E-state index in [0.29, 0.717) is 24.1 Å². The van der Waals surface area contributed by atoms with E-state index < -0.39 is 9.84 Å². The Bertz CT molecular complexity index is 564. The first-order valence-corrected chi connectivity index (χ1v) is 8.56. The van der Waals surface area contributed by atoms with Crippen molar-refractivity contribution in [1.82, 2.24) is 10.6 Å². The number of nitrogens with one attached hydrogen (secondary N) is 2. The molecule has 0 radical (unpaired) electrons. The van der Waals surface area contributed by atoms with Gasteiger partial charge in [-0.1, -0.05) is 36.7 Å². The van der Waals surface area contributed by atoms with E-state index in [9.17, 15) is 8.42 Å². The van der Waals surface area contributed by atoms with Crippen molar-refractivity contribution >= 4 is 51.4 Å². The second-order valence-electron chi connectivity index (χ2n) is 4.18. The average Bonchev–Trinajstić information content (AvgIpc) is 2.44. The molecule has 5 nitrogen and oxygen atoms in total. The molecule has 0 aliphatic rings. The van der Waals surface area contributed by atoms with Gasteiger partial charge < -0.3 is 10.6 Å². The molecule has 0 bridgehead atoms. The summed E-state index contributed by atoms with van der Waals surface area (Å²) in [5.74, 6) is 0.799. The lowest BCUT2D eigenvalue weighted by Crippen LogP contribution is -2.39. The van der Waals surface area contributed by atoms with Crippen LogP contribution in [0.15, 0.2) is 29.3 Å². The summed E-state index contributed by atoms with van der Waals surface area (Å²) in [5, 5.41) is 6.74. The Morgan fingerprint density at radius 3 is 2.52 bits per heavy atom. The van der Waals surface area contributed by atoms with Crippen molar-refractivity contribution in [2.75, 3.05) is 25.1 Å². The van der Waals surface area contributed by atoms with Crippen LogP contribution in [0.5, 0.6) is 0 Å². The van der Waals surface area contributed by atoms with E-state index in [1.165, 1.54) is 0 Å². The van der Waals surface area contributed by atoms with E-state index in [1.807, 2.05) is 24.3 Å². The third kappa shape index (κ3) is 7.87. The highest BCUT2D eigenvalue weighted by atomic mass is 127. The van der Waals surface area contributed by atoms with Gasteiger partial charge in [0.15, 0.2) is 15.8 Å². The Morgan fingerprint density at radius 1 is 1.29 bits per heavy atom. The number of nitrogens with zero attached hydrogens (tertiary/aromatic N) is 1. The Hall–Kier alpha value is -0.540. The fraction of sp³-hybridized carbons (Fsp3) is 0.462. The van der Waals surface area contributed by atoms with Gasteiger partial charge in [-0.15, -0.1) is 24.0 Å². The lowest BCUT2D eigenvalue weighted by molar-refractivity contribution is 0.595. The monoisotopic (exact) mass is 445 g/mol. The Kier molecular flexibility index (Phi) is 9.97. The molecule has 21 heavy (non-hydrogen) atoms. The predicted octanol–water partition coefficient (Wildman–Crippen LogP) is 2.06. The number of guanidine groups is 1. The van der Waals surface area contributed by atoms with Crippen LogP contribution in [0.25, 0.3) is 0 Å². The molecule has 0 fully saturated rings. The van der Waals surface area contributed by atoms with Crippen LogP contribution in [-0.2, 0) is 16.4 Å². The standard InChI is InChI=1S/C13H20ClN3O2S.HI/c1-3-20(18,19)9-8-16-13(15-2)17-10-11-6-4-5-7-12(11)14;/h4-7H,3,8-10H2,1-2H3,(H2,15,16,17);1H. The van der Waals surface area contributed by atoms with E-state index in [4.69, 9.17) is 11.6 Å². The molecule has 8 heteroatoms. The van der Waals surface area contributed by atoms with E-state index in [0.717, 1.165) is 5.56 Å². The first-order chi connectivity index (χ1) is 9.48. The van der Waals surface area contributed by atoms with Gasteiger partial charge in [-0.3, -0.25) is 4.99 Å². The fourth-order valence-corrected chi connectivity index (χ4v) is 2.41. The predicted molar refractivity (Wildman–Crippen MR) is 99.4 cm³/mol. The van der Waals surface area contributed by atoms with Gasteiger partial charge in [0.1, 0.15) is 0 Å². The molecule has 0 aromatic heterocycles. The smallest absolute Gasteiger partial charge is 0.191 e. The molecule has 0 amide bonds. The molecule has 1 aromatic rings. The first-order valence-electron chi connectivity index (χ1n) is 6.37. The highest BCUT2D eigenvalue weighted by Gasteiger charge is 2.07. The number of benzene rings is 1. The van der Waals surface area contributed by atoms with Crippen LogP contribution in [0.4, 0.5) is 0 Å². The zero-order chi connectivity index (χ0) is 15.0. The van der Waals surface area contributed by atoms with E-state index >= 15 is 0 Å². The van der Waals surface area contributed by atoms with Crippen LogP contribution in [0.2, 0.25) is 5.02 Å². The molecule has 0 heterocycles. The maximum absolute atomic E-state index is 11.4. The second kappa shape index (κ2) is 10.2. The number of rotatable bonds is 6. The van der Waals surface area contributed by atoms with Gasteiger partial charge in [-0.2, -0.15) is 0 Å². The van der Waals surface area contributed by atoms with Crippen molar-refractivity contribution in [3.63, 3.8) is 0 Å². The summed E-state index contributed by atoms with van der Waals surface area (Å²) in [6.45, 7) is 2.50. The normalized spacial score (nSPS) is 11.7. The van der Waals surface area contributed by atoms with Crippen LogP contribution in [-0.4, -0.2) is 39.5 Å². The van der Waals surface area contributed by atoms with E-state index in [1.54, 1.807) is 14.0 Å². The topological polar surface area (TPSA) is 70.6 Å². The van der Waals surface area contributed by atoms with Crippen LogP contribution >= 0.6 is 35.6 Å². The molecule has 0 aliphatic heterocycles. The van der Waals surface area contributed by atoms with Crippen LogP contribution < -0.4 is 10.6 Å². The van der Waals surface area contributed by atoms with Crippen molar-refractivity contribution in [2.24, 2.45) is 4.99 Å². The minimum absolute atomic E-state index is 0. The summed E-state index contributed by atoms with van der Waals surface area (Å²) in [7, 11) is -1.33. The molecule has 2 N–H and O–H groups in total. The van der Waals surface area contributed by atoms with Gasteiger partial charge in [0.2, 0.25) is 0 Å². The molecule has 0 saturated heterocycles. The van der Waals surface area contributed by atoms with Gasteiger partial charge in [0, 0.05) is 30.9 Å². The zero-order valence-corrected chi connectivity index (χ0v) is 16.0. The molecule has 120 valence electrons. The summed E-state index contributed by atoms with van der Waals surface area (Å²) in [5.41, 5.74) is 0.957. The third-order valence-electron chi connectivity index (χ3n) is 2.77. The van der Waals surface area contributed by atoms with Crippen molar-refractivity contribution in [1.29, 1.82) is 0 Å². The molecule has 0 spiro atoms. The molecule has 0 unspecified atom stereocenters. The summed E-state index contributed by atoms with van der Waals surface area (Å²) in [4.78, 5) is 4.03. The third-order valence-corrected chi connectivity index (χ3v) is 4.85. The van der Waals surface area contributed by atoms with E-state index in [-0.39, 0.29) is 35.5 Å². The van der Waals surface area contributed by atoms with Gasteiger partial charge in [0.25, 0.3) is 0 Å². The van der Waals surface area contributed by atoms with Crippen molar-refractivity contribution in [3.8, 4) is 0 Å². The molecule has 0 atom stereocenters. The Balaban J connectivity index is 0.00000400. The average molecular weight is 446 g/mol. The summed E-state index contributed by atoms with van der Waals surface area (Å²) in [6, 6.07) is 7.52. The quantitative estimate of drug-likeness (QED) is 0.399. The first kappa shape index (κ1) is 20.5. The summed E-state index contributed by atoms with van der Waals surface area (Å²) < 4.78 is 22.8. The van der Waals surface area contributed by atoms with E-state index in [2.05, 4.69) is 15.6 Å². The number of hydrogen-bond donors (Lipinski definition) is 2. The van der Waals surface area contributed by atoms with Gasteiger partial charge >= 0.3 is 0 Å². The molecule has 0 saturated carbocycles. The van der Waals surface area contributed by atoms with Crippen molar-refractivity contribution < 1.29 is 8.42 Å². The molecule has 1 rings (SSSR count). The minimum Gasteiger partial charge on any atom is -0.355 e. The zero-order valence-electron chi connectivity index (χ0n) is 12.1. The molecular weight excluding hydrogens is 425 g/mol. The second-order valence-corrected chi connectivity index (χ2v) is 7.06. The van der Waals surface area contributed by atoms with Crippen LogP contribution in [0.3, 0.4) is 0 Å². The van der Waals surface area contributed by atoms with Crippen molar-refractivity contribution in [2.45, 2.75) is 13.5 Å². The largest absolute Gasteiger partial charge is 0.355 e. The number of halogens is 2. The van der Waals surface area contributed by atoms with Crippen LogP contribution in [0.1, 0.15) is 12.5 Å². The van der Waals surface area contributed by atoms with Crippen LogP contribution in [0, 0.1) is 0 Å². The molecular formula is C13H21ClIN3O2S. The SMILES string of the molecule is CCS(=O)(=O)CCNC(=NC)NCc1ccccc1Cl.I. The number of aliphatic imine (C=N–C) groups is 1. The molecule has 0 aliphatic carbocycles. The van der Waals surface area contributed by atoms with Crippen molar-refractivity contribution in [3.05, 3.63) is 34.9 Å². The minimum atomic E-state index is -2.96. The molecule has 1 aromatic carbocycles. The van der Waals surface area contributed by atoms with Gasteiger partial charge in [-0.05, 0) is 11.6 Å². The van der Waals surface area contributed by atoms with Gasteiger partial charge in [-0.25, -0.2) is 8.42 Å². The lowest BCUT2D eigenvalue weighted by Gasteiger charge is -2.12. The maximum Gasteiger partial charge on any atom is 0.191 e. The Morgan fingerprint density at radius 2 is 1.95 bits per heavy atom. The van der Waals surface area contributed by atoms with Gasteiger partial charge in [0.05, 0.1) is 5.75 Å². The number of hydrogen-bond acceptors (Lipinski definition) is 3. The Labute approximate surface area is 148 Å². The highest BCUT2D eigenvalue weighted by Crippen LogP contribution is 2.14.